The van der Waals surface area contributed by atoms with Gasteiger partial charge in [-0.05, 0) is 44.6 Å². The van der Waals surface area contributed by atoms with Crippen LogP contribution in [0.15, 0.2) is 24.3 Å². The van der Waals surface area contributed by atoms with E-state index in [1.54, 1.807) is 12.1 Å². The van der Waals surface area contributed by atoms with E-state index in [1.807, 2.05) is 19.0 Å². The molecule has 0 N–H and O–H groups in total. The zero-order valence-electron chi connectivity index (χ0n) is 15.0. The second-order valence-corrected chi connectivity index (χ2v) is 7.40. The number of amides is 1. The molecule has 3 rings (SSSR count). The van der Waals surface area contributed by atoms with Crippen LogP contribution in [0.4, 0.5) is 4.39 Å². The van der Waals surface area contributed by atoms with Crippen LogP contribution in [0.3, 0.4) is 0 Å². The summed E-state index contributed by atoms with van der Waals surface area (Å²) >= 11 is 0. The second-order valence-electron chi connectivity index (χ2n) is 7.40. The van der Waals surface area contributed by atoms with Crippen molar-refractivity contribution in [3.8, 4) is 0 Å². The fourth-order valence-corrected chi connectivity index (χ4v) is 3.71. The highest BCUT2D eigenvalue weighted by Gasteiger charge is 2.43. The molecule has 1 aromatic rings. The zero-order chi connectivity index (χ0) is 17.9. The third kappa shape index (κ3) is 4.77. The Labute approximate surface area is 148 Å². The Morgan fingerprint density at radius 1 is 1.44 bits per heavy atom. The number of carbonyl (C=O) groups is 1. The van der Waals surface area contributed by atoms with Gasteiger partial charge in [0.15, 0.2) is 0 Å². The summed E-state index contributed by atoms with van der Waals surface area (Å²) in [5.41, 5.74) is 0.288. The first-order valence-corrected chi connectivity index (χ1v) is 8.88. The summed E-state index contributed by atoms with van der Waals surface area (Å²) in [5.74, 6) is -0.318. The summed E-state index contributed by atoms with van der Waals surface area (Å²) in [7, 11) is 4.07. The Hall–Kier alpha value is -1.50. The molecule has 0 saturated carbocycles. The molecule has 0 aromatic heterocycles. The molecule has 2 saturated heterocycles. The molecule has 1 aromatic carbocycles. The standard InChI is InChI=1S/C19H27FN2O3/c1-21(2)12-17-6-7-19(25-17)13-22(8-9-24-14-19)18(23)11-15-4-3-5-16(20)10-15/h3-5,10,17H,6-9,11-14H2,1-2H3/t17-,19+/m1/s1. The highest BCUT2D eigenvalue weighted by atomic mass is 19.1. The third-order valence-corrected chi connectivity index (χ3v) is 4.85. The first-order chi connectivity index (χ1) is 12.0. The first-order valence-electron chi connectivity index (χ1n) is 8.88. The van der Waals surface area contributed by atoms with Gasteiger partial charge in [0.2, 0.25) is 5.91 Å². The fraction of sp³-hybridized carbons (Fsp3) is 0.632. The summed E-state index contributed by atoms with van der Waals surface area (Å²) in [6.45, 7) is 3.01. The number of likely N-dealkylation sites (N-methyl/N-ethyl adjacent to an activating group) is 1. The molecular weight excluding hydrogens is 323 g/mol. The molecule has 5 nitrogen and oxygen atoms in total. The van der Waals surface area contributed by atoms with Crippen molar-refractivity contribution in [1.82, 2.24) is 9.80 Å². The Kier molecular flexibility index (Phi) is 5.71. The van der Waals surface area contributed by atoms with Crippen LogP contribution in [0, 0.1) is 5.82 Å². The predicted molar refractivity (Wildman–Crippen MR) is 92.9 cm³/mol. The SMILES string of the molecule is CN(C)C[C@H]1CC[C@]2(COCCN(C(=O)Cc3cccc(F)c3)C2)O1. The summed E-state index contributed by atoms with van der Waals surface area (Å²) in [6, 6.07) is 6.22. The van der Waals surface area contributed by atoms with E-state index >= 15 is 0 Å². The molecule has 6 heteroatoms. The van der Waals surface area contributed by atoms with Crippen molar-refractivity contribution in [2.75, 3.05) is 46.9 Å². The van der Waals surface area contributed by atoms with Crippen LogP contribution in [-0.2, 0) is 20.7 Å². The maximum Gasteiger partial charge on any atom is 0.227 e. The van der Waals surface area contributed by atoms with Gasteiger partial charge in [-0.15, -0.1) is 0 Å². The van der Waals surface area contributed by atoms with Gasteiger partial charge in [-0.25, -0.2) is 4.39 Å². The van der Waals surface area contributed by atoms with Gasteiger partial charge in [-0.1, -0.05) is 12.1 Å². The molecule has 2 fully saturated rings. The molecule has 0 bridgehead atoms. The lowest BCUT2D eigenvalue weighted by molar-refractivity contribution is -0.135. The molecule has 2 atom stereocenters. The van der Waals surface area contributed by atoms with Gasteiger partial charge in [0.05, 0.1) is 32.3 Å². The Balaban J connectivity index is 1.64. The third-order valence-electron chi connectivity index (χ3n) is 4.85. The van der Waals surface area contributed by atoms with Gasteiger partial charge in [0, 0.05) is 13.1 Å². The van der Waals surface area contributed by atoms with Crippen LogP contribution in [0.5, 0.6) is 0 Å². The average Bonchev–Trinajstić information content (AvgIpc) is 2.79. The molecule has 0 aliphatic carbocycles. The van der Waals surface area contributed by atoms with E-state index in [1.165, 1.54) is 12.1 Å². The lowest BCUT2D eigenvalue weighted by Gasteiger charge is -2.32. The number of rotatable bonds is 4. The highest BCUT2D eigenvalue weighted by Crippen LogP contribution is 2.33. The lowest BCUT2D eigenvalue weighted by Crippen LogP contribution is -2.47. The van der Waals surface area contributed by atoms with Crippen molar-refractivity contribution in [1.29, 1.82) is 0 Å². The normalized spacial score (nSPS) is 27.0. The van der Waals surface area contributed by atoms with Crippen LogP contribution < -0.4 is 0 Å². The van der Waals surface area contributed by atoms with E-state index in [9.17, 15) is 9.18 Å². The van der Waals surface area contributed by atoms with Crippen molar-refractivity contribution in [3.05, 3.63) is 35.6 Å². The summed E-state index contributed by atoms with van der Waals surface area (Å²) in [4.78, 5) is 16.6. The summed E-state index contributed by atoms with van der Waals surface area (Å²) < 4.78 is 25.4. The second kappa shape index (κ2) is 7.81. The van der Waals surface area contributed by atoms with E-state index in [-0.39, 0.29) is 24.2 Å². The summed E-state index contributed by atoms with van der Waals surface area (Å²) in [5, 5.41) is 0. The van der Waals surface area contributed by atoms with Crippen molar-refractivity contribution in [2.24, 2.45) is 0 Å². The fourth-order valence-electron chi connectivity index (χ4n) is 3.71. The number of benzene rings is 1. The molecule has 25 heavy (non-hydrogen) atoms. The van der Waals surface area contributed by atoms with Gasteiger partial charge in [0.1, 0.15) is 11.4 Å². The zero-order valence-corrected chi connectivity index (χ0v) is 15.0. The molecular formula is C19H27FN2O3. The topological polar surface area (TPSA) is 42.0 Å². The number of halogens is 1. The molecule has 2 aliphatic heterocycles. The number of hydrogen-bond donors (Lipinski definition) is 0. The minimum atomic E-state index is -0.408. The average molecular weight is 350 g/mol. The van der Waals surface area contributed by atoms with Crippen LogP contribution in [0.2, 0.25) is 0 Å². The predicted octanol–water partition coefficient (Wildman–Crippen LogP) is 1.71. The number of ether oxygens (including phenoxy) is 2. The Morgan fingerprint density at radius 3 is 3.04 bits per heavy atom. The van der Waals surface area contributed by atoms with Crippen molar-refractivity contribution >= 4 is 5.91 Å². The van der Waals surface area contributed by atoms with Crippen molar-refractivity contribution < 1.29 is 18.7 Å². The lowest BCUT2D eigenvalue weighted by atomic mass is 9.99. The van der Waals surface area contributed by atoms with Gasteiger partial charge in [-0.2, -0.15) is 0 Å². The molecule has 2 aliphatic rings. The molecule has 1 spiro atoms. The van der Waals surface area contributed by atoms with Gasteiger partial charge >= 0.3 is 0 Å². The molecule has 138 valence electrons. The van der Waals surface area contributed by atoms with E-state index in [4.69, 9.17) is 9.47 Å². The molecule has 1 amide bonds. The van der Waals surface area contributed by atoms with E-state index in [0.29, 0.717) is 31.9 Å². The monoisotopic (exact) mass is 350 g/mol. The quantitative estimate of drug-likeness (QED) is 0.829. The van der Waals surface area contributed by atoms with Crippen LogP contribution in [0.25, 0.3) is 0 Å². The van der Waals surface area contributed by atoms with Crippen LogP contribution >= 0.6 is 0 Å². The number of hydrogen-bond acceptors (Lipinski definition) is 4. The largest absolute Gasteiger partial charge is 0.377 e. The smallest absolute Gasteiger partial charge is 0.227 e. The highest BCUT2D eigenvalue weighted by molar-refractivity contribution is 5.79. The minimum absolute atomic E-state index is 0.00451. The number of carbonyl (C=O) groups excluding carboxylic acids is 1. The van der Waals surface area contributed by atoms with Crippen molar-refractivity contribution in [3.63, 3.8) is 0 Å². The Bertz CT molecular complexity index is 610. The maximum absolute atomic E-state index is 13.3. The first kappa shape index (κ1) is 18.3. The summed E-state index contributed by atoms with van der Waals surface area (Å²) in [6.07, 6.45) is 2.26. The van der Waals surface area contributed by atoms with Gasteiger partial charge < -0.3 is 19.3 Å². The molecule has 2 heterocycles. The van der Waals surface area contributed by atoms with E-state index in [2.05, 4.69) is 4.90 Å². The molecule has 0 radical (unpaired) electrons. The Morgan fingerprint density at radius 2 is 2.28 bits per heavy atom. The van der Waals surface area contributed by atoms with Crippen LogP contribution in [0.1, 0.15) is 18.4 Å². The van der Waals surface area contributed by atoms with Crippen molar-refractivity contribution in [2.45, 2.75) is 31.0 Å². The van der Waals surface area contributed by atoms with E-state index in [0.717, 1.165) is 19.4 Å². The van der Waals surface area contributed by atoms with E-state index < -0.39 is 5.60 Å². The molecule has 0 unspecified atom stereocenters. The van der Waals surface area contributed by atoms with Crippen LogP contribution in [-0.4, -0.2) is 74.4 Å². The number of nitrogens with zero attached hydrogens (tertiary/aromatic N) is 2. The maximum atomic E-state index is 13.3. The van der Waals surface area contributed by atoms with Gasteiger partial charge in [-0.3, -0.25) is 4.79 Å². The minimum Gasteiger partial charge on any atom is -0.377 e. The van der Waals surface area contributed by atoms with Gasteiger partial charge in [0.25, 0.3) is 0 Å².